The number of rotatable bonds is 5. The lowest BCUT2D eigenvalue weighted by Gasteiger charge is -2.39. The van der Waals surface area contributed by atoms with Crippen molar-refractivity contribution in [1.29, 1.82) is 0 Å². The van der Waals surface area contributed by atoms with E-state index in [0.717, 1.165) is 17.7 Å². The Kier molecular flexibility index (Phi) is 5.97. The number of benzene rings is 2. The van der Waals surface area contributed by atoms with Gasteiger partial charge < -0.3 is 15.0 Å². The van der Waals surface area contributed by atoms with E-state index < -0.39 is 11.2 Å². The zero-order chi connectivity index (χ0) is 20.1. The number of carbonyl (C=O) groups is 2. The Balaban J connectivity index is 1.65. The number of halogens is 1. The van der Waals surface area contributed by atoms with E-state index in [1.54, 1.807) is 18.1 Å². The van der Waals surface area contributed by atoms with Crippen molar-refractivity contribution >= 4 is 11.8 Å². The van der Waals surface area contributed by atoms with E-state index in [9.17, 15) is 14.0 Å². The molecule has 3 rings (SSSR count). The summed E-state index contributed by atoms with van der Waals surface area (Å²) in [4.78, 5) is 27.2. The van der Waals surface area contributed by atoms with E-state index >= 15 is 0 Å². The number of piperidine rings is 1. The number of hydrogen-bond donors (Lipinski definition) is 1. The summed E-state index contributed by atoms with van der Waals surface area (Å²) >= 11 is 0. The van der Waals surface area contributed by atoms with Crippen LogP contribution in [0.1, 0.15) is 35.7 Å². The number of nitrogens with one attached hydrogen (secondary N) is 1. The Labute approximate surface area is 164 Å². The number of methoxy groups -OCH3 is 1. The number of likely N-dealkylation sites (tertiary alicyclic amines) is 1. The number of ether oxygens (including phenoxy) is 1. The Hall–Kier alpha value is -2.89. The maximum absolute atomic E-state index is 13.4. The largest absolute Gasteiger partial charge is 0.497 e. The minimum Gasteiger partial charge on any atom is -0.497 e. The van der Waals surface area contributed by atoms with Crippen LogP contribution in [0.2, 0.25) is 0 Å². The van der Waals surface area contributed by atoms with Crippen molar-refractivity contribution in [2.24, 2.45) is 5.41 Å². The Morgan fingerprint density at radius 1 is 1.21 bits per heavy atom. The fraction of sp³-hybridized carbons (Fsp3) is 0.364. The molecule has 0 radical (unpaired) electrons. The van der Waals surface area contributed by atoms with Gasteiger partial charge in [0.15, 0.2) is 0 Å². The van der Waals surface area contributed by atoms with Crippen molar-refractivity contribution < 1.29 is 18.7 Å². The van der Waals surface area contributed by atoms with Gasteiger partial charge in [0.1, 0.15) is 11.6 Å². The normalized spacial score (nSPS) is 19.2. The van der Waals surface area contributed by atoms with Gasteiger partial charge in [-0.25, -0.2) is 4.39 Å². The topological polar surface area (TPSA) is 58.6 Å². The molecule has 2 amide bonds. The van der Waals surface area contributed by atoms with Gasteiger partial charge in [0.05, 0.1) is 12.5 Å². The van der Waals surface area contributed by atoms with Gasteiger partial charge in [0.25, 0.3) is 5.91 Å². The predicted molar refractivity (Wildman–Crippen MR) is 104 cm³/mol. The van der Waals surface area contributed by atoms with Crippen LogP contribution < -0.4 is 10.1 Å². The first-order valence-corrected chi connectivity index (χ1v) is 9.37. The van der Waals surface area contributed by atoms with Crippen LogP contribution in [-0.4, -0.2) is 36.9 Å². The van der Waals surface area contributed by atoms with Gasteiger partial charge in [-0.1, -0.05) is 18.2 Å². The standard InChI is InChI=1S/C22H25FN2O3/c1-22(21(27)24-14-16-6-3-9-19(12-16)28-2)10-5-11-25(15-22)20(26)17-7-4-8-18(23)13-17/h3-4,6-9,12-13H,5,10-11,14-15H2,1-2H3,(H,24,27)/t22-/m1/s1. The second-order valence-corrected chi connectivity index (χ2v) is 7.44. The molecule has 1 aliphatic heterocycles. The van der Waals surface area contributed by atoms with Crippen LogP contribution in [0.25, 0.3) is 0 Å². The summed E-state index contributed by atoms with van der Waals surface area (Å²) in [5, 5.41) is 2.98. The van der Waals surface area contributed by atoms with Crippen LogP contribution in [0.5, 0.6) is 5.75 Å². The molecule has 0 aromatic heterocycles. The molecule has 0 spiro atoms. The van der Waals surface area contributed by atoms with Gasteiger partial charge in [-0.15, -0.1) is 0 Å². The lowest BCUT2D eigenvalue weighted by atomic mass is 9.80. The molecular weight excluding hydrogens is 359 g/mol. The Morgan fingerprint density at radius 2 is 2.00 bits per heavy atom. The molecule has 0 bridgehead atoms. The molecule has 0 unspecified atom stereocenters. The second kappa shape index (κ2) is 8.42. The summed E-state index contributed by atoms with van der Waals surface area (Å²) in [6.07, 6.45) is 1.42. The molecule has 1 saturated heterocycles. The second-order valence-electron chi connectivity index (χ2n) is 7.44. The minimum absolute atomic E-state index is 0.0907. The van der Waals surface area contributed by atoms with Crippen molar-refractivity contribution in [2.45, 2.75) is 26.3 Å². The van der Waals surface area contributed by atoms with Crippen molar-refractivity contribution in [1.82, 2.24) is 10.2 Å². The molecule has 28 heavy (non-hydrogen) atoms. The maximum atomic E-state index is 13.4. The number of carbonyl (C=O) groups excluding carboxylic acids is 2. The Morgan fingerprint density at radius 3 is 2.75 bits per heavy atom. The van der Waals surface area contributed by atoms with E-state index in [4.69, 9.17) is 4.74 Å². The lowest BCUT2D eigenvalue weighted by molar-refractivity contribution is -0.132. The lowest BCUT2D eigenvalue weighted by Crippen LogP contribution is -2.51. The van der Waals surface area contributed by atoms with E-state index in [-0.39, 0.29) is 11.8 Å². The zero-order valence-electron chi connectivity index (χ0n) is 16.2. The SMILES string of the molecule is COc1cccc(CNC(=O)[C@]2(C)CCCN(C(=O)c3cccc(F)c3)C2)c1. The first kappa shape index (κ1) is 19.9. The van der Waals surface area contributed by atoms with E-state index in [1.807, 2.05) is 31.2 Å². The van der Waals surface area contributed by atoms with Crippen molar-refractivity contribution in [3.63, 3.8) is 0 Å². The summed E-state index contributed by atoms with van der Waals surface area (Å²) in [5.41, 5.74) is 0.570. The van der Waals surface area contributed by atoms with Crippen LogP contribution in [0.15, 0.2) is 48.5 Å². The number of hydrogen-bond acceptors (Lipinski definition) is 3. The van der Waals surface area contributed by atoms with Crippen molar-refractivity contribution in [3.05, 3.63) is 65.5 Å². The van der Waals surface area contributed by atoms with Gasteiger partial charge in [-0.3, -0.25) is 9.59 Å². The van der Waals surface area contributed by atoms with Crippen LogP contribution in [0.4, 0.5) is 4.39 Å². The van der Waals surface area contributed by atoms with Crippen LogP contribution in [-0.2, 0) is 11.3 Å². The number of amides is 2. The van der Waals surface area contributed by atoms with Gasteiger partial charge in [0, 0.05) is 25.2 Å². The van der Waals surface area contributed by atoms with Gasteiger partial charge >= 0.3 is 0 Å². The molecule has 1 heterocycles. The average Bonchev–Trinajstić information content (AvgIpc) is 2.71. The van der Waals surface area contributed by atoms with Gasteiger partial charge in [-0.2, -0.15) is 0 Å². The Bertz CT molecular complexity index is 870. The third-order valence-corrected chi connectivity index (χ3v) is 5.19. The molecule has 148 valence electrons. The summed E-state index contributed by atoms with van der Waals surface area (Å²) in [7, 11) is 1.60. The molecule has 1 N–H and O–H groups in total. The third kappa shape index (κ3) is 4.50. The molecule has 6 heteroatoms. The molecule has 1 fully saturated rings. The maximum Gasteiger partial charge on any atom is 0.253 e. The zero-order valence-corrected chi connectivity index (χ0v) is 16.2. The smallest absolute Gasteiger partial charge is 0.253 e. The highest BCUT2D eigenvalue weighted by Crippen LogP contribution is 2.31. The average molecular weight is 384 g/mol. The van der Waals surface area contributed by atoms with E-state index in [2.05, 4.69) is 5.32 Å². The molecule has 1 atom stereocenters. The third-order valence-electron chi connectivity index (χ3n) is 5.19. The van der Waals surface area contributed by atoms with Gasteiger partial charge in [-0.05, 0) is 55.7 Å². The molecular formula is C22H25FN2O3. The fourth-order valence-corrected chi connectivity index (χ4v) is 3.58. The molecule has 1 aliphatic rings. The predicted octanol–water partition coefficient (Wildman–Crippen LogP) is 3.39. The molecule has 0 saturated carbocycles. The van der Waals surface area contributed by atoms with Crippen molar-refractivity contribution in [2.75, 3.05) is 20.2 Å². The van der Waals surface area contributed by atoms with E-state index in [0.29, 0.717) is 31.6 Å². The summed E-state index contributed by atoms with van der Waals surface area (Å²) < 4.78 is 18.7. The summed E-state index contributed by atoms with van der Waals surface area (Å²) in [5.74, 6) is -0.0396. The summed E-state index contributed by atoms with van der Waals surface area (Å²) in [6.45, 7) is 3.14. The molecule has 2 aromatic carbocycles. The molecule has 5 nitrogen and oxygen atoms in total. The van der Waals surface area contributed by atoms with Crippen LogP contribution in [0, 0.1) is 11.2 Å². The van der Waals surface area contributed by atoms with Gasteiger partial charge in [0.2, 0.25) is 5.91 Å². The monoisotopic (exact) mass is 384 g/mol. The summed E-state index contributed by atoms with van der Waals surface area (Å²) in [6, 6.07) is 13.2. The fourth-order valence-electron chi connectivity index (χ4n) is 3.58. The quantitative estimate of drug-likeness (QED) is 0.860. The van der Waals surface area contributed by atoms with Crippen molar-refractivity contribution in [3.8, 4) is 5.75 Å². The van der Waals surface area contributed by atoms with E-state index in [1.165, 1.54) is 18.2 Å². The van der Waals surface area contributed by atoms with Crippen LogP contribution >= 0.6 is 0 Å². The van der Waals surface area contributed by atoms with Crippen LogP contribution in [0.3, 0.4) is 0 Å². The highest BCUT2D eigenvalue weighted by molar-refractivity contribution is 5.95. The first-order valence-electron chi connectivity index (χ1n) is 9.37. The highest BCUT2D eigenvalue weighted by Gasteiger charge is 2.39. The molecule has 2 aromatic rings. The first-order chi connectivity index (χ1) is 13.4. The minimum atomic E-state index is -0.680. The highest BCUT2D eigenvalue weighted by atomic mass is 19.1. The number of nitrogens with zero attached hydrogens (tertiary/aromatic N) is 1. The molecule has 0 aliphatic carbocycles.